The van der Waals surface area contributed by atoms with Gasteiger partial charge in [-0.25, -0.2) is 0 Å². The van der Waals surface area contributed by atoms with E-state index < -0.39 is 0 Å². The fourth-order valence-electron chi connectivity index (χ4n) is 2.30. The van der Waals surface area contributed by atoms with E-state index in [1.165, 1.54) is 11.1 Å². The second-order valence-corrected chi connectivity index (χ2v) is 5.65. The summed E-state index contributed by atoms with van der Waals surface area (Å²) in [5, 5.41) is 0. The van der Waals surface area contributed by atoms with Crippen molar-refractivity contribution in [2.24, 2.45) is 0 Å². The molecule has 0 saturated carbocycles. The summed E-state index contributed by atoms with van der Waals surface area (Å²) < 4.78 is 0. The molecule has 0 unspecified atom stereocenters. The van der Waals surface area contributed by atoms with Crippen LogP contribution in [0.25, 0.3) is 11.1 Å². The zero-order valence-electron chi connectivity index (χ0n) is 14.7. The molecule has 0 radical (unpaired) electrons. The van der Waals surface area contributed by atoms with Crippen molar-refractivity contribution in [3.8, 4) is 35.3 Å². The van der Waals surface area contributed by atoms with Crippen LogP contribution in [0.15, 0.2) is 103 Å². The normalized spacial score (nSPS) is 8.85. The molecule has 2 aliphatic rings. The Morgan fingerprint density at radius 3 is 1.56 bits per heavy atom. The van der Waals surface area contributed by atoms with Crippen LogP contribution >= 0.6 is 0 Å². The predicted octanol–water partition coefficient (Wildman–Crippen LogP) is 5.86. The fourth-order valence-corrected chi connectivity index (χ4v) is 2.30. The first-order valence-electron chi connectivity index (χ1n) is 8.43. The van der Waals surface area contributed by atoms with Crippen LogP contribution in [-0.2, 0) is 17.1 Å². The summed E-state index contributed by atoms with van der Waals surface area (Å²) in [6, 6.07) is 34.1. The van der Waals surface area contributed by atoms with Gasteiger partial charge in [0.1, 0.15) is 0 Å². The molecule has 0 spiro atoms. The van der Waals surface area contributed by atoms with Crippen molar-refractivity contribution in [3.63, 3.8) is 0 Å². The summed E-state index contributed by atoms with van der Waals surface area (Å²) in [6.07, 6.45) is 5.38. The van der Waals surface area contributed by atoms with Crippen LogP contribution in [0.1, 0.15) is 16.7 Å². The minimum atomic E-state index is 0. The Hall–Kier alpha value is -3.22. The third-order valence-electron chi connectivity index (χ3n) is 3.86. The molecule has 27 heavy (non-hydrogen) atoms. The molecular weight excluding hydrogens is 368 g/mol. The van der Waals surface area contributed by atoms with Crippen molar-refractivity contribution in [1.29, 1.82) is 0 Å². The van der Waals surface area contributed by atoms with Crippen molar-refractivity contribution in [1.82, 2.24) is 0 Å². The van der Waals surface area contributed by atoms with Crippen molar-refractivity contribution >= 4 is 0 Å². The van der Waals surface area contributed by atoms with E-state index in [1.807, 2.05) is 78.9 Å². The van der Waals surface area contributed by atoms with E-state index >= 15 is 0 Å². The topological polar surface area (TPSA) is 0 Å². The van der Waals surface area contributed by atoms with E-state index in [0.29, 0.717) is 0 Å². The van der Waals surface area contributed by atoms with Gasteiger partial charge in [-0.2, -0.15) is 24.0 Å². The summed E-state index contributed by atoms with van der Waals surface area (Å²) in [7, 11) is 0. The minimum absolute atomic E-state index is 0. The van der Waals surface area contributed by atoms with E-state index in [2.05, 4.69) is 42.0 Å². The Kier molecular flexibility index (Phi) is 7.96. The number of hydrogen-bond donors (Lipinski definition) is 0. The average molecular weight is 386 g/mol. The molecule has 136 valence electrons. The van der Waals surface area contributed by atoms with Gasteiger partial charge >= 0.3 is 0 Å². The quantitative estimate of drug-likeness (QED) is 0.178. The summed E-state index contributed by atoms with van der Waals surface area (Å²) >= 11 is 0. The molecule has 3 aromatic rings. The Bertz CT molecular complexity index is 978. The van der Waals surface area contributed by atoms with Crippen LogP contribution in [0.5, 0.6) is 0 Å². The van der Waals surface area contributed by atoms with Crippen molar-refractivity contribution in [2.45, 2.75) is 0 Å². The zero-order chi connectivity index (χ0) is 18.0. The second-order valence-electron chi connectivity index (χ2n) is 5.65. The number of rotatable bonds is 0. The Morgan fingerprint density at radius 1 is 0.667 bits per heavy atom. The summed E-state index contributed by atoms with van der Waals surface area (Å²) in [5.74, 6) is 8.77. The van der Waals surface area contributed by atoms with Crippen molar-refractivity contribution in [3.05, 3.63) is 120 Å². The molecule has 0 heterocycles. The summed E-state index contributed by atoms with van der Waals surface area (Å²) in [6.45, 7) is 0. The van der Waals surface area contributed by atoms with E-state index in [-0.39, 0.29) is 17.1 Å². The number of terminal acetylenes is 1. The molecule has 0 aliphatic heterocycles. The van der Waals surface area contributed by atoms with E-state index in [0.717, 1.165) is 16.7 Å². The number of hydrogen-bond acceptors (Lipinski definition) is 0. The van der Waals surface area contributed by atoms with Crippen LogP contribution in [0.2, 0.25) is 0 Å². The van der Waals surface area contributed by atoms with E-state index in [9.17, 15) is 0 Å². The van der Waals surface area contributed by atoms with E-state index in [4.69, 9.17) is 6.42 Å². The maximum atomic E-state index is 5.38. The molecule has 0 fully saturated rings. The van der Waals surface area contributed by atoms with Crippen LogP contribution in [0.4, 0.5) is 0 Å². The number of benzene rings is 2. The van der Waals surface area contributed by atoms with Gasteiger partial charge in [0.25, 0.3) is 0 Å². The first kappa shape index (κ1) is 20.1. The second kappa shape index (κ2) is 10.7. The van der Waals surface area contributed by atoms with Crippen LogP contribution in [0.3, 0.4) is 0 Å². The summed E-state index contributed by atoms with van der Waals surface area (Å²) in [5.41, 5.74) is 5.62. The van der Waals surface area contributed by atoms with Crippen LogP contribution in [0, 0.1) is 24.2 Å². The molecule has 2 aliphatic carbocycles. The van der Waals surface area contributed by atoms with Gasteiger partial charge in [0.05, 0.1) is 0 Å². The molecule has 0 amide bonds. The molecule has 5 rings (SSSR count). The monoisotopic (exact) mass is 386 g/mol. The maximum absolute atomic E-state index is 5.38. The minimum Gasteiger partial charge on any atom is -0.748 e. The fraction of sp³-hybridized carbons (Fsp3) is 0. The Morgan fingerprint density at radius 2 is 1.15 bits per heavy atom. The van der Waals surface area contributed by atoms with Crippen molar-refractivity contribution in [2.75, 3.05) is 0 Å². The molecular formula is C26H18Fe-6. The third-order valence-corrected chi connectivity index (χ3v) is 3.86. The third kappa shape index (κ3) is 5.91. The maximum Gasteiger partial charge on any atom is 0.0296 e. The first-order valence-corrected chi connectivity index (χ1v) is 8.43. The van der Waals surface area contributed by atoms with Crippen molar-refractivity contribution < 1.29 is 17.1 Å². The zero-order valence-corrected chi connectivity index (χ0v) is 15.9. The molecule has 3 aromatic carbocycles. The molecule has 0 nitrogen and oxygen atoms in total. The molecule has 1 heteroatoms. The standard InChI is InChI=1S/C15H9.C6H4.C5H5.Fe/c1-2-14-9-5-6-10-15(14)12-11-13-7-3-4-8-13;1-2-6-4-3-5(1)6;1-2-4-5-3-1;/h1,3-10H;1-4H;1-5H;/q-1;;-5;. The largest absolute Gasteiger partial charge is 0.748 e. The number of fused-ring (bicyclic) bond motifs is 1. The van der Waals surface area contributed by atoms with Gasteiger partial charge in [0.2, 0.25) is 0 Å². The van der Waals surface area contributed by atoms with Gasteiger partial charge in [-0.15, -0.1) is 18.6 Å². The van der Waals surface area contributed by atoms with Gasteiger partial charge in [0.15, 0.2) is 0 Å². The Labute approximate surface area is 172 Å². The molecule has 0 N–H and O–H groups in total. The van der Waals surface area contributed by atoms with Gasteiger partial charge in [-0.3, -0.25) is 0 Å². The molecule has 0 saturated heterocycles. The molecule has 0 bridgehead atoms. The molecule has 0 aromatic heterocycles. The SMILES string of the molecule is C#Cc1ccccc1C#C[c-]1cccc1.[Fe].[cH-]1[cH-][cH-][cH-][cH-]1.c1cc2ccc1-2. The summed E-state index contributed by atoms with van der Waals surface area (Å²) in [4.78, 5) is 0. The Balaban J connectivity index is 0.000000177. The smallest absolute Gasteiger partial charge is 0.0296 e. The van der Waals surface area contributed by atoms with Crippen LogP contribution < -0.4 is 0 Å². The molecule has 0 atom stereocenters. The van der Waals surface area contributed by atoms with Gasteiger partial charge in [0, 0.05) is 22.6 Å². The van der Waals surface area contributed by atoms with Gasteiger partial charge in [-0.05, 0) is 22.8 Å². The van der Waals surface area contributed by atoms with Gasteiger partial charge in [-0.1, -0.05) is 53.9 Å². The first-order chi connectivity index (χ1) is 12.9. The van der Waals surface area contributed by atoms with Gasteiger partial charge < -0.3 is 30.3 Å². The van der Waals surface area contributed by atoms with Crippen LogP contribution in [-0.4, -0.2) is 0 Å². The van der Waals surface area contributed by atoms with E-state index in [1.54, 1.807) is 0 Å². The average Bonchev–Trinajstić information content (AvgIpc) is 3.40. The predicted molar refractivity (Wildman–Crippen MR) is 110 cm³/mol.